The van der Waals surface area contributed by atoms with Crippen molar-refractivity contribution in [2.24, 2.45) is 22.7 Å². The van der Waals surface area contributed by atoms with E-state index in [0.717, 1.165) is 12.8 Å². The molecule has 0 N–H and O–H groups in total. The molecule has 13 heavy (non-hydrogen) atoms. The van der Waals surface area contributed by atoms with Gasteiger partial charge in [0.1, 0.15) is 0 Å². The Morgan fingerprint density at radius 3 is 2.69 bits per heavy atom. The van der Waals surface area contributed by atoms with Crippen molar-refractivity contribution < 1.29 is 0 Å². The monoisotopic (exact) mass is 170 g/mol. The van der Waals surface area contributed by atoms with Crippen LogP contribution in [0, 0.1) is 45.3 Å². The van der Waals surface area contributed by atoms with Gasteiger partial charge in [0.25, 0.3) is 0 Å². The van der Waals surface area contributed by atoms with E-state index in [9.17, 15) is 0 Å². The average molecular weight is 170 g/mol. The van der Waals surface area contributed by atoms with Crippen molar-refractivity contribution in [3.8, 4) is 12.1 Å². The van der Waals surface area contributed by atoms with E-state index in [1.807, 2.05) is 0 Å². The topological polar surface area (TPSA) is 47.6 Å². The first-order valence-corrected chi connectivity index (χ1v) is 4.81. The SMILES string of the molecule is N#CC1(C#N)C2CCC3C=CC21C3. The van der Waals surface area contributed by atoms with Crippen LogP contribution < -0.4 is 0 Å². The van der Waals surface area contributed by atoms with Crippen molar-refractivity contribution >= 4 is 0 Å². The second-order valence-corrected chi connectivity index (χ2v) is 4.53. The predicted octanol–water partition coefficient (Wildman–Crippen LogP) is 2.01. The summed E-state index contributed by atoms with van der Waals surface area (Å²) in [5.74, 6) is 0.991. The Bertz CT molecular complexity index is 368. The van der Waals surface area contributed by atoms with Gasteiger partial charge in [-0.15, -0.1) is 0 Å². The van der Waals surface area contributed by atoms with Crippen molar-refractivity contribution in [1.82, 2.24) is 0 Å². The molecule has 0 aromatic heterocycles. The van der Waals surface area contributed by atoms with E-state index in [2.05, 4.69) is 24.3 Å². The van der Waals surface area contributed by atoms with E-state index in [-0.39, 0.29) is 5.41 Å². The Hall–Kier alpha value is -1.28. The van der Waals surface area contributed by atoms with Crippen molar-refractivity contribution in [3.05, 3.63) is 12.2 Å². The van der Waals surface area contributed by atoms with Crippen LogP contribution in [-0.4, -0.2) is 0 Å². The summed E-state index contributed by atoms with van der Waals surface area (Å²) < 4.78 is 0. The third-order valence-electron chi connectivity index (χ3n) is 4.24. The van der Waals surface area contributed by atoms with Crippen LogP contribution in [0.25, 0.3) is 0 Å². The zero-order chi connectivity index (χ0) is 9.10. The molecular formula is C11H10N2. The van der Waals surface area contributed by atoms with Crippen LogP contribution in [0.5, 0.6) is 0 Å². The summed E-state index contributed by atoms with van der Waals surface area (Å²) >= 11 is 0. The maximum atomic E-state index is 9.10. The number of hydrogen-bond donors (Lipinski definition) is 0. The predicted molar refractivity (Wildman–Crippen MR) is 46.1 cm³/mol. The maximum absolute atomic E-state index is 9.10. The van der Waals surface area contributed by atoms with Crippen LogP contribution in [-0.2, 0) is 0 Å². The molecule has 0 aliphatic heterocycles. The lowest BCUT2D eigenvalue weighted by molar-refractivity contribution is 0.367. The van der Waals surface area contributed by atoms with Gasteiger partial charge in [-0.3, -0.25) is 0 Å². The molecule has 2 heteroatoms. The lowest BCUT2D eigenvalue weighted by Gasteiger charge is -2.16. The molecule has 2 fully saturated rings. The first kappa shape index (κ1) is 7.15. The van der Waals surface area contributed by atoms with Gasteiger partial charge in [0.2, 0.25) is 0 Å². The molecule has 2 nitrogen and oxygen atoms in total. The third-order valence-corrected chi connectivity index (χ3v) is 4.24. The Labute approximate surface area is 77.5 Å². The molecule has 3 rings (SSSR count). The summed E-state index contributed by atoms with van der Waals surface area (Å²) in [7, 11) is 0. The average Bonchev–Trinajstić information content (AvgIpc) is 2.59. The van der Waals surface area contributed by atoms with E-state index in [0.29, 0.717) is 11.8 Å². The molecular weight excluding hydrogens is 160 g/mol. The molecule has 3 aliphatic rings. The van der Waals surface area contributed by atoms with Crippen LogP contribution in [0.4, 0.5) is 0 Å². The molecule has 0 saturated heterocycles. The van der Waals surface area contributed by atoms with Gasteiger partial charge in [-0.1, -0.05) is 12.2 Å². The zero-order valence-corrected chi connectivity index (χ0v) is 7.33. The van der Waals surface area contributed by atoms with E-state index >= 15 is 0 Å². The minimum atomic E-state index is -0.658. The Kier molecular flexibility index (Phi) is 0.991. The van der Waals surface area contributed by atoms with Crippen LogP contribution in [0.15, 0.2) is 12.2 Å². The first-order chi connectivity index (χ1) is 6.29. The van der Waals surface area contributed by atoms with Crippen molar-refractivity contribution in [1.29, 1.82) is 10.5 Å². The first-order valence-electron chi connectivity index (χ1n) is 4.81. The fourth-order valence-corrected chi connectivity index (χ4v) is 3.51. The number of nitriles is 2. The Balaban J connectivity index is 2.12. The van der Waals surface area contributed by atoms with Crippen molar-refractivity contribution in [2.75, 3.05) is 0 Å². The van der Waals surface area contributed by atoms with Gasteiger partial charge in [0.05, 0.1) is 12.1 Å². The van der Waals surface area contributed by atoms with E-state index in [1.165, 1.54) is 6.42 Å². The van der Waals surface area contributed by atoms with Gasteiger partial charge in [-0.05, 0) is 25.2 Å². The highest BCUT2D eigenvalue weighted by molar-refractivity contribution is 5.46. The van der Waals surface area contributed by atoms with Gasteiger partial charge >= 0.3 is 0 Å². The Morgan fingerprint density at radius 1 is 1.23 bits per heavy atom. The molecule has 0 aromatic carbocycles. The summed E-state index contributed by atoms with van der Waals surface area (Å²) in [6.45, 7) is 0. The minimum Gasteiger partial charge on any atom is -0.197 e. The van der Waals surface area contributed by atoms with Crippen molar-refractivity contribution in [3.63, 3.8) is 0 Å². The minimum absolute atomic E-state index is 0.0284. The number of rotatable bonds is 0. The Morgan fingerprint density at radius 2 is 2.00 bits per heavy atom. The summed E-state index contributed by atoms with van der Waals surface area (Å²) in [6, 6.07) is 4.50. The smallest absolute Gasteiger partial charge is 0.156 e. The van der Waals surface area contributed by atoms with E-state index < -0.39 is 5.41 Å². The van der Waals surface area contributed by atoms with Crippen LogP contribution in [0.1, 0.15) is 19.3 Å². The van der Waals surface area contributed by atoms with Crippen LogP contribution in [0.2, 0.25) is 0 Å². The molecule has 0 aromatic rings. The lowest BCUT2D eigenvalue weighted by Crippen LogP contribution is -2.09. The number of nitrogens with zero attached hydrogens (tertiary/aromatic N) is 2. The molecule has 0 radical (unpaired) electrons. The normalized spacial score (nSPS) is 47.5. The molecule has 3 aliphatic carbocycles. The largest absolute Gasteiger partial charge is 0.197 e. The zero-order valence-electron chi connectivity index (χ0n) is 7.33. The fraction of sp³-hybridized carbons (Fsp3) is 0.636. The molecule has 1 spiro atoms. The number of fused-ring (bicyclic) bond motifs is 1. The summed E-state index contributed by atoms with van der Waals surface area (Å²) in [5, 5.41) is 18.2. The van der Waals surface area contributed by atoms with Gasteiger partial charge in [-0.25, -0.2) is 0 Å². The summed E-state index contributed by atoms with van der Waals surface area (Å²) in [5.41, 5.74) is -0.686. The molecule has 3 atom stereocenters. The highest BCUT2D eigenvalue weighted by Crippen LogP contribution is 2.78. The number of hydrogen-bond acceptors (Lipinski definition) is 2. The fourth-order valence-electron chi connectivity index (χ4n) is 3.51. The van der Waals surface area contributed by atoms with Gasteiger partial charge in [0.15, 0.2) is 5.41 Å². The lowest BCUT2D eigenvalue weighted by atomic mass is 9.87. The molecule has 2 saturated carbocycles. The highest BCUT2D eigenvalue weighted by atomic mass is 14.8. The molecule has 2 bridgehead atoms. The second-order valence-electron chi connectivity index (χ2n) is 4.53. The number of allylic oxidation sites excluding steroid dienone is 2. The summed E-state index contributed by atoms with van der Waals surface area (Å²) in [6.07, 6.45) is 7.67. The van der Waals surface area contributed by atoms with Gasteiger partial charge in [-0.2, -0.15) is 10.5 Å². The van der Waals surface area contributed by atoms with E-state index in [1.54, 1.807) is 0 Å². The third kappa shape index (κ3) is 0.517. The van der Waals surface area contributed by atoms with E-state index in [4.69, 9.17) is 10.5 Å². The molecule has 0 heterocycles. The molecule has 3 unspecified atom stereocenters. The van der Waals surface area contributed by atoms with Crippen LogP contribution >= 0.6 is 0 Å². The van der Waals surface area contributed by atoms with Crippen molar-refractivity contribution in [2.45, 2.75) is 19.3 Å². The quantitative estimate of drug-likeness (QED) is 0.522. The molecule has 0 amide bonds. The molecule has 64 valence electrons. The second kappa shape index (κ2) is 1.80. The van der Waals surface area contributed by atoms with Gasteiger partial charge < -0.3 is 0 Å². The van der Waals surface area contributed by atoms with Crippen LogP contribution in [0.3, 0.4) is 0 Å². The van der Waals surface area contributed by atoms with Gasteiger partial charge in [0, 0.05) is 11.3 Å². The standard InChI is InChI=1S/C11H10N2/c12-6-11(7-13)9-2-1-8-3-4-10(9,11)5-8/h3-4,8-9H,1-2,5H2. The maximum Gasteiger partial charge on any atom is 0.156 e. The summed E-state index contributed by atoms with van der Waals surface area (Å²) in [4.78, 5) is 0. The highest BCUT2D eigenvalue weighted by Gasteiger charge is 2.79.